The minimum atomic E-state index is 0.576. The van der Waals surface area contributed by atoms with Crippen molar-refractivity contribution >= 4 is 0 Å². The van der Waals surface area contributed by atoms with Crippen molar-refractivity contribution in [3.63, 3.8) is 0 Å². The molecule has 23 heavy (non-hydrogen) atoms. The van der Waals surface area contributed by atoms with Crippen molar-refractivity contribution in [2.45, 2.75) is 25.9 Å². The minimum Gasteiger partial charge on any atom is -0.493 e. The number of hydrogen-bond donors (Lipinski definition) is 0. The van der Waals surface area contributed by atoms with Crippen LogP contribution in [0.4, 0.5) is 0 Å². The van der Waals surface area contributed by atoms with Crippen molar-refractivity contribution in [1.29, 1.82) is 0 Å². The molecule has 1 aliphatic heterocycles. The molecule has 3 heteroatoms. The molecule has 122 valence electrons. The van der Waals surface area contributed by atoms with Crippen molar-refractivity contribution in [3.8, 4) is 11.5 Å². The molecule has 1 fully saturated rings. The van der Waals surface area contributed by atoms with Crippen molar-refractivity contribution in [1.82, 2.24) is 0 Å². The van der Waals surface area contributed by atoms with Crippen LogP contribution in [0.1, 0.15) is 24.8 Å². The van der Waals surface area contributed by atoms with Gasteiger partial charge in [-0.25, -0.2) is 0 Å². The Bertz CT molecular complexity index is 576. The van der Waals surface area contributed by atoms with E-state index < -0.39 is 0 Å². The van der Waals surface area contributed by atoms with Crippen LogP contribution in [0.15, 0.2) is 54.6 Å². The molecule has 2 aromatic rings. The average Bonchev–Trinajstić information content (AvgIpc) is 2.62. The van der Waals surface area contributed by atoms with E-state index in [1.165, 1.54) is 5.56 Å². The van der Waals surface area contributed by atoms with Crippen LogP contribution in [0.3, 0.4) is 0 Å². The van der Waals surface area contributed by atoms with Crippen LogP contribution in [0.5, 0.6) is 11.5 Å². The molecular weight excluding hydrogens is 288 g/mol. The molecular formula is C20H24O3. The summed E-state index contributed by atoms with van der Waals surface area (Å²) in [6.07, 6.45) is 3.41. The summed E-state index contributed by atoms with van der Waals surface area (Å²) in [4.78, 5) is 0. The Kier molecular flexibility index (Phi) is 5.93. The Labute approximate surface area is 138 Å². The molecule has 1 saturated heterocycles. The first-order chi connectivity index (χ1) is 11.4. The molecule has 0 N–H and O–H groups in total. The summed E-state index contributed by atoms with van der Waals surface area (Å²) in [5.74, 6) is 2.46. The predicted molar refractivity (Wildman–Crippen MR) is 90.9 cm³/mol. The van der Waals surface area contributed by atoms with E-state index in [1.54, 1.807) is 0 Å². The van der Waals surface area contributed by atoms with Crippen LogP contribution in [-0.4, -0.2) is 19.8 Å². The van der Waals surface area contributed by atoms with Gasteiger partial charge in [-0.1, -0.05) is 36.4 Å². The summed E-state index contributed by atoms with van der Waals surface area (Å²) in [5, 5.41) is 0. The van der Waals surface area contributed by atoms with Crippen LogP contribution in [0.25, 0.3) is 0 Å². The Hall–Kier alpha value is -2.00. The van der Waals surface area contributed by atoms with E-state index in [4.69, 9.17) is 14.2 Å². The summed E-state index contributed by atoms with van der Waals surface area (Å²) < 4.78 is 17.1. The quantitative estimate of drug-likeness (QED) is 0.755. The van der Waals surface area contributed by atoms with Crippen molar-refractivity contribution < 1.29 is 14.2 Å². The molecule has 0 saturated carbocycles. The van der Waals surface area contributed by atoms with Crippen molar-refractivity contribution in [2.24, 2.45) is 5.92 Å². The molecule has 0 radical (unpaired) electrons. The van der Waals surface area contributed by atoms with E-state index in [0.29, 0.717) is 6.61 Å². The normalized spacial score (nSPS) is 15.3. The van der Waals surface area contributed by atoms with Gasteiger partial charge in [0.05, 0.1) is 6.61 Å². The second kappa shape index (κ2) is 8.59. The third-order valence-corrected chi connectivity index (χ3v) is 4.19. The largest absolute Gasteiger partial charge is 0.493 e. The van der Waals surface area contributed by atoms with Gasteiger partial charge in [0.1, 0.15) is 18.1 Å². The lowest BCUT2D eigenvalue weighted by molar-refractivity contribution is 0.0593. The van der Waals surface area contributed by atoms with Gasteiger partial charge in [0.25, 0.3) is 0 Å². The molecule has 0 aliphatic carbocycles. The first-order valence-corrected chi connectivity index (χ1v) is 8.37. The lowest BCUT2D eigenvalue weighted by Gasteiger charge is -2.21. The molecule has 0 spiro atoms. The van der Waals surface area contributed by atoms with E-state index in [0.717, 1.165) is 56.5 Å². The fourth-order valence-corrected chi connectivity index (χ4v) is 2.77. The summed E-state index contributed by atoms with van der Waals surface area (Å²) >= 11 is 0. The highest BCUT2D eigenvalue weighted by molar-refractivity contribution is 5.33. The lowest BCUT2D eigenvalue weighted by Crippen LogP contribution is -2.17. The average molecular weight is 312 g/mol. The fraction of sp³-hybridized carbons (Fsp3) is 0.400. The molecule has 0 atom stereocenters. The highest BCUT2D eigenvalue weighted by Gasteiger charge is 2.13. The molecule has 1 heterocycles. The zero-order chi connectivity index (χ0) is 15.7. The van der Waals surface area contributed by atoms with Gasteiger partial charge in [-0.05, 0) is 42.9 Å². The molecule has 1 aliphatic rings. The van der Waals surface area contributed by atoms with Crippen LogP contribution in [0, 0.1) is 5.92 Å². The van der Waals surface area contributed by atoms with Crippen LogP contribution in [-0.2, 0) is 11.3 Å². The van der Waals surface area contributed by atoms with Gasteiger partial charge in [0.2, 0.25) is 0 Å². The fourth-order valence-electron chi connectivity index (χ4n) is 2.77. The van der Waals surface area contributed by atoms with Gasteiger partial charge in [-0.2, -0.15) is 0 Å². The van der Waals surface area contributed by atoms with Gasteiger partial charge in [0.15, 0.2) is 0 Å². The van der Waals surface area contributed by atoms with Gasteiger partial charge >= 0.3 is 0 Å². The predicted octanol–water partition coefficient (Wildman–Crippen LogP) is 4.46. The topological polar surface area (TPSA) is 27.7 Å². The van der Waals surface area contributed by atoms with Gasteiger partial charge in [-0.15, -0.1) is 0 Å². The molecule has 0 aromatic heterocycles. The highest BCUT2D eigenvalue weighted by Crippen LogP contribution is 2.22. The van der Waals surface area contributed by atoms with Crippen LogP contribution in [0.2, 0.25) is 0 Å². The molecule has 3 rings (SSSR count). The van der Waals surface area contributed by atoms with Crippen LogP contribution < -0.4 is 9.47 Å². The van der Waals surface area contributed by atoms with E-state index in [2.05, 4.69) is 12.1 Å². The molecule has 0 unspecified atom stereocenters. The zero-order valence-corrected chi connectivity index (χ0v) is 13.4. The van der Waals surface area contributed by atoms with Crippen molar-refractivity contribution in [3.05, 3.63) is 60.2 Å². The minimum absolute atomic E-state index is 0.576. The Balaban J connectivity index is 1.45. The second-order valence-corrected chi connectivity index (χ2v) is 5.94. The molecule has 0 amide bonds. The monoisotopic (exact) mass is 312 g/mol. The SMILES string of the molecule is c1ccc(COc2cccc(OCCC3CCOCC3)c2)cc1. The maximum absolute atomic E-state index is 5.88. The Morgan fingerprint density at radius 3 is 2.39 bits per heavy atom. The summed E-state index contributed by atoms with van der Waals surface area (Å²) in [6.45, 7) is 3.13. The van der Waals surface area contributed by atoms with Crippen LogP contribution >= 0.6 is 0 Å². The van der Waals surface area contributed by atoms with Gasteiger partial charge < -0.3 is 14.2 Å². The standard InChI is InChI=1S/C20H24O3/c1-2-5-18(6-3-1)16-23-20-8-4-7-19(15-20)22-14-11-17-9-12-21-13-10-17/h1-8,15,17H,9-14,16H2. The van der Waals surface area contributed by atoms with E-state index in [9.17, 15) is 0 Å². The number of benzene rings is 2. The summed E-state index contributed by atoms with van der Waals surface area (Å²) in [5.41, 5.74) is 1.17. The Morgan fingerprint density at radius 2 is 1.61 bits per heavy atom. The van der Waals surface area contributed by atoms with E-state index in [-0.39, 0.29) is 0 Å². The number of hydrogen-bond acceptors (Lipinski definition) is 3. The Morgan fingerprint density at radius 1 is 0.870 bits per heavy atom. The van der Waals surface area contributed by atoms with Gasteiger partial charge in [0, 0.05) is 19.3 Å². The lowest BCUT2D eigenvalue weighted by atomic mass is 9.97. The second-order valence-electron chi connectivity index (χ2n) is 5.94. The van der Waals surface area contributed by atoms with E-state index in [1.807, 2.05) is 42.5 Å². The van der Waals surface area contributed by atoms with Crippen molar-refractivity contribution in [2.75, 3.05) is 19.8 Å². The summed E-state index contributed by atoms with van der Waals surface area (Å²) in [6, 6.07) is 18.1. The maximum atomic E-state index is 5.88. The smallest absolute Gasteiger partial charge is 0.123 e. The maximum Gasteiger partial charge on any atom is 0.123 e. The molecule has 3 nitrogen and oxygen atoms in total. The highest BCUT2D eigenvalue weighted by atomic mass is 16.5. The summed E-state index contributed by atoms with van der Waals surface area (Å²) in [7, 11) is 0. The first kappa shape index (κ1) is 15.9. The molecule has 0 bridgehead atoms. The van der Waals surface area contributed by atoms with E-state index >= 15 is 0 Å². The number of ether oxygens (including phenoxy) is 3. The van der Waals surface area contributed by atoms with Gasteiger partial charge in [-0.3, -0.25) is 0 Å². The third kappa shape index (κ3) is 5.29. The zero-order valence-electron chi connectivity index (χ0n) is 13.4. The molecule has 2 aromatic carbocycles. The third-order valence-electron chi connectivity index (χ3n) is 4.19. The number of rotatable bonds is 7. The first-order valence-electron chi connectivity index (χ1n) is 8.37.